The van der Waals surface area contributed by atoms with E-state index < -0.39 is 5.97 Å². The number of nitrogens with zero attached hydrogens (tertiary/aromatic N) is 3. The Hall–Kier alpha value is -1.91. The normalized spacial score (nSPS) is 17.6. The third-order valence-corrected chi connectivity index (χ3v) is 4.47. The number of aryl methyl sites for hydroxylation is 1. The number of fused-ring (bicyclic) bond motifs is 1. The van der Waals surface area contributed by atoms with Crippen molar-refractivity contribution in [2.45, 2.75) is 38.5 Å². The van der Waals surface area contributed by atoms with Crippen LogP contribution in [0.5, 0.6) is 0 Å². The average molecular weight is 273 g/mol. The Morgan fingerprint density at radius 2 is 2.20 bits per heavy atom. The molecular formula is C15H19N3O2. The lowest BCUT2D eigenvalue weighted by molar-refractivity contribution is -0.139. The maximum atomic E-state index is 11.2. The molecule has 2 heterocycles. The quantitative estimate of drug-likeness (QED) is 0.929. The lowest BCUT2D eigenvalue weighted by atomic mass is 9.79. The van der Waals surface area contributed by atoms with Crippen molar-refractivity contribution in [2.75, 3.05) is 0 Å². The van der Waals surface area contributed by atoms with Gasteiger partial charge in [-0.25, -0.2) is 9.97 Å². The first-order valence-electron chi connectivity index (χ1n) is 7.08. The first kappa shape index (κ1) is 13.1. The number of rotatable bonds is 4. The Morgan fingerprint density at radius 3 is 2.85 bits per heavy atom. The van der Waals surface area contributed by atoms with Gasteiger partial charge in [-0.1, -0.05) is 12.8 Å². The third kappa shape index (κ3) is 2.28. The van der Waals surface area contributed by atoms with Gasteiger partial charge in [0.1, 0.15) is 5.82 Å². The fourth-order valence-corrected chi connectivity index (χ4v) is 3.43. The number of imidazole rings is 1. The minimum atomic E-state index is -0.705. The molecule has 0 radical (unpaired) electrons. The van der Waals surface area contributed by atoms with E-state index in [1.807, 2.05) is 23.7 Å². The van der Waals surface area contributed by atoms with E-state index in [4.69, 9.17) is 0 Å². The van der Waals surface area contributed by atoms with E-state index >= 15 is 0 Å². The zero-order valence-electron chi connectivity index (χ0n) is 11.7. The average Bonchev–Trinajstić information content (AvgIpc) is 2.96. The highest BCUT2D eigenvalue weighted by molar-refractivity contribution is 5.71. The molecule has 0 atom stereocenters. The van der Waals surface area contributed by atoms with Crippen molar-refractivity contribution >= 4 is 17.1 Å². The smallest absolute Gasteiger partial charge is 0.303 e. The van der Waals surface area contributed by atoms with E-state index in [9.17, 15) is 9.90 Å². The number of hydrogen-bond donors (Lipinski definition) is 1. The predicted octanol–water partition coefficient (Wildman–Crippen LogP) is 2.55. The molecule has 1 aliphatic rings. The molecule has 0 bridgehead atoms. The summed E-state index contributed by atoms with van der Waals surface area (Å²) in [7, 11) is 1.98. The molecule has 20 heavy (non-hydrogen) atoms. The van der Waals surface area contributed by atoms with Crippen LogP contribution in [0.4, 0.5) is 0 Å². The van der Waals surface area contributed by atoms with Crippen LogP contribution >= 0.6 is 0 Å². The molecule has 0 aliphatic heterocycles. The molecule has 5 heteroatoms. The molecule has 3 rings (SSSR count). The molecule has 0 saturated heterocycles. The zero-order chi connectivity index (χ0) is 14.2. The number of aromatic nitrogens is 3. The summed E-state index contributed by atoms with van der Waals surface area (Å²) < 4.78 is 2.05. The maximum absolute atomic E-state index is 11.2. The first-order chi connectivity index (χ1) is 9.60. The van der Waals surface area contributed by atoms with Crippen molar-refractivity contribution in [3.05, 3.63) is 24.2 Å². The first-order valence-corrected chi connectivity index (χ1v) is 7.08. The fraction of sp³-hybridized carbons (Fsp3) is 0.533. The summed E-state index contributed by atoms with van der Waals surface area (Å²) in [6.07, 6.45) is 6.91. The standard InChI is InChI=1S/C15H19N3O2/c1-18-11-5-4-8-16-14(11)17-12(18)9-15(10-13(19)20)6-2-3-7-15/h4-5,8H,2-3,6-7,9-10H2,1H3,(H,19,20). The van der Waals surface area contributed by atoms with Gasteiger partial charge in [-0.15, -0.1) is 0 Å². The fourth-order valence-electron chi connectivity index (χ4n) is 3.43. The number of pyridine rings is 1. The Balaban J connectivity index is 1.94. The number of carboxylic acid groups (broad SMARTS) is 1. The molecule has 0 amide bonds. The largest absolute Gasteiger partial charge is 0.481 e. The molecule has 1 saturated carbocycles. The summed E-state index contributed by atoms with van der Waals surface area (Å²) in [5.74, 6) is 0.241. The van der Waals surface area contributed by atoms with Gasteiger partial charge in [0.2, 0.25) is 0 Å². The SMILES string of the molecule is Cn1c(CC2(CC(=O)O)CCCC2)nc2ncccc21. The second kappa shape index (κ2) is 4.89. The van der Waals surface area contributed by atoms with Crippen molar-refractivity contribution in [1.29, 1.82) is 0 Å². The molecule has 0 unspecified atom stereocenters. The highest BCUT2D eigenvalue weighted by atomic mass is 16.4. The lowest BCUT2D eigenvalue weighted by Gasteiger charge is -2.26. The van der Waals surface area contributed by atoms with Crippen LogP contribution in [-0.2, 0) is 18.3 Å². The van der Waals surface area contributed by atoms with Gasteiger partial charge in [-0.3, -0.25) is 4.79 Å². The molecular weight excluding hydrogens is 254 g/mol. The highest BCUT2D eigenvalue weighted by Crippen LogP contribution is 2.43. The van der Waals surface area contributed by atoms with Crippen molar-refractivity contribution in [3.8, 4) is 0 Å². The van der Waals surface area contributed by atoms with E-state index in [1.165, 1.54) is 0 Å². The van der Waals surface area contributed by atoms with Crippen molar-refractivity contribution in [2.24, 2.45) is 12.5 Å². The highest BCUT2D eigenvalue weighted by Gasteiger charge is 2.37. The topological polar surface area (TPSA) is 68.0 Å². The monoisotopic (exact) mass is 273 g/mol. The van der Waals surface area contributed by atoms with Crippen molar-refractivity contribution in [1.82, 2.24) is 14.5 Å². The van der Waals surface area contributed by atoms with Crippen LogP contribution in [0.2, 0.25) is 0 Å². The van der Waals surface area contributed by atoms with Crippen LogP contribution in [0.15, 0.2) is 18.3 Å². The lowest BCUT2D eigenvalue weighted by Crippen LogP contribution is -2.25. The van der Waals surface area contributed by atoms with E-state index in [0.717, 1.165) is 49.1 Å². The number of carboxylic acids is 1. The third-order valence-electron chi connectivity index (χ3n) is 4.47. The van der Waals surface area contributed by atoms with Crippen LogP contribution < -0.4 is 0 Å². The summed E-state index contributed by atoms with van der Waals surface area (Å²) in [4.78, 5) is 20.0. The van der Waals surface area contributed by atoms with Gasteiger partial charge in [0.05, 0.1) is 11.9 Å². The summed E-state index contributed by atoms with van der Waals surface area (Å²) >= 11 is 0. The van der Waals surface area contributed by atoms with E-state index in [2.05, 4.69) is 9.97 Å². The molecule has 0 spiro atoms. The van der Waals surface area contributed by atoms with Gasteiger partial charge in [0, 0.05) is 19.7 Å². The van der Waals surface area contributed by atoms with Gasteiger partial charge in [-0.2, -0.15) is 0 Å². The number of hydrogen-bond acceptors (Lipinski definition) is 3. The minimum absolute atomic E-state index is 0.124. The van der Waals surface area contributed by atoms with Gasteiger partial charge >= 0.3 is 5.97 Å². The summed E-state index contributed by atoms with van der Waals surface area (Å²) in [6, 6.07) is 3.90. The van der Waals surface area contributed by atoms with E-state index in [-0.39, 0.29) is 11.8 Å². The molecule has 2 aromatic rings. The van der Waals surface area contributed by atoms with Crippen molar-refractivity contribution in [3.63, 3.8) is 0 Å². The molecule has 1 N–H and O–H groups in total. The molecule has 0 aromatic carbocycles. The number of aliphatic carboxylic acids is 1. The Morgan fingerprint density at radius 1 is 1.45 bits per heavy atom. The van der Waals surface area contributed by atoms with Crippen LogP contribution in [0, 0.1) is 5.41 Å². The van der Waals surface area contributed by atoms with Crippen LogP contribution in [0.3, 0.4) is 0 Å². The van der Waals surface area contributed by atoms with Gasteiger partial charge in [-0.05, 0) is 30.4 Å². The molecule has 1 fully saturated rings. The van der Waals surface area contributed by atoms with Gasteiger partial charge < -0.3 is 9.67 Å². The zero-order valence-corrected chi connectivity index (χ0v) is 11.7. The van der Waals surface area contributed by atoms with Gasteiger partial charge in [0.25, 0.3) is 0 Å². The Kier molecular flexibility index (Phi) is 3.20. The second-order valence-corrected chi connectivity index (χ2v) is 5.89. The Labute approximate surface area is 117 Å². The predicted molar refractivity (Wildman–Crippen MR) is 75.4 cm³/mol. The summed E-state index contributed by atoms with van der Waals surface area (Å²) in [6.45, 7) is 0. The van der Waals surface area contributed by atoms with Crippen LogP contribution in [0.1, 0.15) is 37.9 Å². The van der Waals surface area contributed by atoms with E-state index in [1.54, 1.807) is 6.20 Å². The van der Waals surface area contributed by atoms with Crippen LogP contribution in [-0.4, -0.2) is 25.6 Å². The second-order valence-electron chi connectivity index (χ2n) is 5.89. The Bertz CT molecular complexity index is 642. The molecule has 1 aliphatic carbocycles. The number of carbonyl (C=O) groups is 1. The minimum Gasteiger partial charge on any atom is -0.481 e. The summed E-state index contributed by atoms with van der Waals surface area (Å²) in [5.41, 5.74) is 1.63. The van der Waals surface area contributed by atoms with E-state index in [0.29, 0.717) is 0 Å². The van der Waals surface area contributed by atoms with Crippen LogP contribution in [0.25, 0.3) is 11.2 Å². The van der Waals surface area contributed by atoms with Gasteiger partial charge in [0.15, 0.2) is 5.65 Å². The molecule has 5 nitrogen and oxygen atoms in total. The maximum Gasteiger partial charge on any atom is 0.303 e. The van der Waals surface area contributed by atoms with Crippen molar-refractivity contribution < 1.29 is 9.90 Å². The summed E-state index contributed by atoms with van der Waals surface area (Å²) in [5, 5.41) is 9.19. The molecule has 2 aromatic heterocycles. The molecule has 106 valence electrons.